The summed E-state index contributed by atoms with van der Waals surface area (Å²) in [6.07, 6.45) is 0. The van der Waals surface area contributed by atoms with E-state index >= 15 is 0 Å². The summed E-state index contributed by atoms with van der Waals surface area (Å²) in [4.78, 5) is 33.2. The van der Waals surface area contributed by atoms with Gasteiger partial charge in [0.25, 0.3) is 5.78 Å². The zero-order valence-corrected chi connectivity index (χ0v) is 22.7. The minimum atomic E-state index is -0.921. The molecule has 1 N–H and O–H groups in total. The van der Waals surface area contributed by atoms with Gasteiger partial charge in [0.2, 0.25) is 0 Å². The molecular weight excluding hydrogens is 532 g/mol. The third kappa shape index (κ3) is 4.50. The lowest BCUT2D eigenvalue weighted by molar-refractivity contribution is -0.132. The van der Waals surface area contributed by atoms with Crippen molar-refractivity contribution < 1.29 is 33.6 Å². The molecule has 3 heterocycles. The number of rotatable bonds is 7. The van der Waals surface area contributed by atoms with Gasteiger partial charge < -0.3 is 24.1 Å². The van der Waals surface area contributed by atoms with E-state index in [1.54, 1.807) is 42.5 Å². The molecule has 1 fully saturated rings. The number of amides is 1. The van der Waals surface area contributed by atoms with Crippen molar-refractivity contribution >= 4 is 44.1 Å². The first kappa shape index (κ1) is 25.7. The Bertz CT molecular complexity index is 1640. The van der Waals surface area contributed by atoms with Crippen molar-refractivity contribution in [3.8, 4) is 23.0 Å². The fraction of sp³-hybridized carbons (Fsp3) is 0.233. The number of ether oxygens (including phenoxy) is 4. The number of hydrogen-bond donors (Lipinski definition) is 1. The van der Waals surface area contributed by atoms with Crippen molar-refractivity contribution in [2.75, 3.05) is 31.3 Å². The normalized spacial score (nSPS) is 17.9. The molecular formula is C30H26N2O7S. The number of Topliss-reactive ketones (excluding diaryl/α,β-unsaturated/α-hetero) is 1. The van der Waals surface area contributed by atoms with Gasteiger partial charge in [-0.25, -0.2) is 4.98 Å². The fourth-order valence-electron chi connectivity index (χ4n) is 4.86. The molecule has 0 spiro atoms. The predicted octanol–water partition coefficient (Wildman–Crippen LogP) is 5.49. The first-order chi connectivity index (χ1) is 19.5. The van der Waals surface area contributed by atoms with Crippen molar-refractivity contribution in [1.82, 2.24) is 4.98 Å². The third-order valence-corrected chi connectivity index (χ3v) is 7.65. The second kappa shape index (κ2) is 10.5. The van der Waals surface area contributed by atoms with Crippen molar-refractivity contribution in [3.63, 3.8) is 0 Å². The maximum Gasteiger partial charge on any atom is 0.301 e. The molecule has 2 aliphatic rings. The number of nitrogens with zero attached hydrogens (tertiary/aromatic N) is 2. The maximum absolute atomic E-state index is 13.6. The molecule has 40 heavy (non-hydrogen) atoms. The Morgan fingerprint density at radius 1 is 0.950 bits per heavy atom. The van der Waals surface area contributed by atoms with Crippen LogP contribution in [0.15, 0.2) is 66.2 Å². The highest BCUT2D eigenvalue weighted by Gasteiger charge is 2.48. The summed E-state index contributed by atoms with van der Waals surface area (Å²) in [5, 5.41) is 11.8. The number of aliphatic hydroxyl groups is 1. The molecule has 4 aromatic rings. The van der Waals surface area contributed by atoms with Crippen LogP contribution in [0.5, 0.6) is 23.0 Å². The van der Waals surface area contributed by atoms with Gasteiger partial charge in [0, 0.05) is 5.56 Å². The summed E-state index contributed by atoms with van der Waals surface area (Å²) in [5.74, 6) is 0.456. The van der Waals surface area contributed by atoms with Crippen LogP contribution in [0.1, 0.15) is 31.0 Å². The van der Waals surface area contributed by atoms with E-state index in [1.165, 1.54) is 16.2 Å². The molecule has 0 unspecified atom stereocenters. The lowest BCUT2D eigenvalue weighted by Crippen LogP contribution is -2.29. The van der Waals surface area contributed by atoms with Crippen LogP contribution < -0.4 is 23.8 Å². The number of thiazole rings is 1. The van der Waals surface area contributed by atoms with Gasteiger partial charge in [-0.1, -0.05) is 23.5 Å². The van der Waals surface area contributed by atoms with E-state index in [0.717, 1.165) is 4.70 Å². The van der Waals surface area contributed by atoms with E-state index in [-0.39, 0.29) is 11.3 Å². The number of benzene rings is 3. The molecule has 204 valence electrons. The predicted molar refractivity (Wildman–Crippen MR) is 151 cm³/mol. The lowest BCUT2D eigenvalue weighted by atomic mass is 9.95. The highest BCUT2D eigenvalue weighted by atomic mass is 32.1. The van der Waals surface area contributed by atoms with Gasteiger partial charge in [0.1, 0.15) is 30.5 Å². The number of carbonyl (C=O) groups excluding carboxylic acids is 2. The molecule has 6 rings (SSSR count). The van der Waals surface area contributed by atoms with Crippen LogP contribution >= 0.6 is 11.3 Å². The Kier molecular flexibility index (Phi) is 6.77. The summed E-state index contributed by atoms with van der Waals surface area (Å²) in [7, 11) is 0. The van der Waals surface area contributed by atoms with Gasteiger partial charge in [-0.15, -0.1) is 0 Å². The SMILES string of the molecule is CCOc1ccc([C@H]2/C(=C(\O)c3ccc4c(c3)OCCO4)C(=O)C(=O)N2c2nc3ccc(OCC)cc3s2)cc1. The van der Waals surface area contributed by atoms with Crippen molar-refractivity contribution in [2.45, 2.75) is 19.9 Å². The Morgan fingerprint density at radius 2 is 1.65 bits per heavy atom. The zero-order chi connectivity index (χ0) is 27.8. The van der Waals surface area contributed by atoms with E-state index in [9.17, 15) is 14.7 Å². The van der Waals surface area contributed by atoms with Gasteiger partial charge in [-0.2, -0.15) is 0 Å². The minimum absolute atomic E-state index is 0.0416. The Hall–Kier alpha value is -4.57. The summed E-state index contributed by atoms with van der Waals surface area (Å²) >= 11 is 1.27. The van der Waals surface area contributed by atoms with Crippen molar-refractivity contribution in [3.05, 3.63) is 77.4 Å². The number of aromatic nitrogens is 1. The third-order valence-electron chi connectivity index (χ3n) is 6.63. The quantitative estimate of drug-likeness (QED) is 0.180. The minimum Gasteiger partial charge on any atom is -0.507 e. The maximum atomic E-state index is 13.6. The summed E-state index contributed by atoms with van der Waals surface area (Å²) in [5.41, 5.74) is 1.59. The zero-order valence-electron chi connectivity index (χ0n) is 21.9. The fourth-order valence-corrected chi connectivity index (χ4v) is 5.88. The van der Waals surface area contributed by atoms with E-state index in [4.69, 9.17) is 18.9 Å². The average molecular weight is 559 g/mol. The standard InChI is InChI=1S/C30H26N2O7S/c1-3-36-19-8-5-17(6-9-19)26-25(27(33)18-7-12-22-23(15-18)39-14-13-38-22)28(34)29(35)32(26)30-31-21-11-10-20(37-4-2)16-24(21)40-30/h5-12,15-16,26,33H,3-4,13-14H2,1-2H3/b27-25+/t26-/m0/s1. The van der Waals surface area contributed by atoms with Gasteiger partial charge in [0.05, 0.1) is 35.0 Å². The Morgan fingerprint density at radius 3 is 2.40 bits per heavy atom. The molecule has 0 radical (unpaired) electrons. The second-order valence-corrected chi connectivity index (χ2v) is 10.1. The molecule has 1 aromatic heterocycles. The number of ketones is 1. The summed E-state index contributed by atoms with van der Waals surface area (Å²) in [6.45, 7) is 5.60. The number of anilines is 1. The average Bonchev–Trinajstić information content (AvgIpc) is 3.50. The van der Waals surface area contributed by atoms with E-state index in [2.05, 4.69) is 4.98 Å². The van der Waals surface area contributed by atoms with Gasteiger partial charge in [0.15, 0.2) is 16.6 Å². The van der Waals surface area contributed by atoms with E-state index in [0.29, 0.717) is 71.2 Å². The number of hydrogen-bond acceptors (Lipinski definition) is 9. The van der Waals surface area contributed by atoms with Crippen molar-refractivity contribution in [2.24, 2.45) is 0 Å². The molecule has 2 aliphatic heterocycles. The molecule has 1 saturated heterocycles. The monoisotopic (exact) mass is 558 g/mol. The Balaban J connectivity index is 1.49. The molecule has 1 atom stereocenters. The smallest absolute Gasteiger partial charge is 0.301 e. The second-order valence-electron chi connectivity index (χ2n) is 9.09. The van der Waals surface area contributed by atoms with Gasteiger partial charge in [-0.3, -0.25) is 14.5 Å². The van der Waals surface area contributed by atoms with E-state index < -0.39 is 17.7 Å². The van der Waals surface area contributed by atoms with Crippen LogP contribution in [0, 0.1) is 0 Å². The molecule has 1 amide bonds. The van der Waals surface area contributed by atoms with Crippen LogP contribution in [0.3, 0.4) is 0 Å². The van der Waals surface area contributed by atoms with Crippen LogP contribution in [0.2, 0.25) is 0 Å². The molecule has 0 saturated carbocycles. The first-order valence-electron chi connectivity index (χ1n) is 13.0. The molecule has 9 nitrogen and oxygen atoms in total. The first-order valence-corrected chi connectivity index (χ1v) is 13.8. The summed E-state index contributed by atoms with van der Waals surface area (Å²) < 4.78 is 23.3. The van der Waals surface area contributed by atoms with Gasteiger partial charge in [-0.05, 0) is 67.9 Å². The topological polar surface area (TPSA) is 107 Å². The van der Waals surface area contributed by atoms with E-state index in [1.807, 2.05) is 32.0 Å². The molecule has 10 heteroatoms. The highest BCUT2D eigenvalue weighted by Crippen LogP contribution is 2.45. The number of aliphatic hydroxyl groups excluding tert-OH is 1. The highest BCUT2D eigenvalue weighted by molar-refractivity contribution is 7.22. The molecule has 3 aromatic carbocycles. The summed E-state index contributed by atoms with van der Waals surface area (Å²) in [6, 6.07) is 16.6. The van der Waals surface area contributed by atoms with Crippen LogP contribution in [0.4, 0.5) is 5.13 Å². The lowest BCUT2D eigenvalue weighted by Gasteiger charge is -2.23. The van der Waals surface area contributed by atoms with Crippen LogP contribution in [-0.4, -0.2) is 48.2 Å². The van der Waals surface area contributed by atoms with Crippen molar-refractivity contribution in [1.29, 1.82) is 0 Å². The molecule has 0 bridgehead atoms. The van der Waals surface area contributed by atoms with Crippen LogP contribution in [-0.2, 0) is 9.59 Å². The Labute approximate surface area is 234 Å². The van der Waals surface area contributed by atoms with Gasteiger partial charge >= 0.3 is 5.91 Å². The largest absolute Gasteiger partial charge is 0.507 e. The van der Waals surface area contributed by atoms with Crippen LogP contribution in [0.25, 0.3) is 16.0 Å². The number of fused-ring (bicyclic) bond motifs is 2. The number of carbonyl (C=O) groups is 2. The molecule has 0 aliphatic carbocycles.